The number of halogens is 1. The van der Waals surface area contributed by atoms with Crippen LogP contribution >= 0.6 is 0 Å². The molecule has 1 unspecified atom stereocenters. The highest BCUT2D eigenvalue weighted by atomic mass is 19.1. The molecule has 0 bridgehead atoms. The number of benzene rings is 1. The highest BCUT2D eigenvalue weighted by molar-refractivity contribution is 6.03. The van der Waals surface area contributed by atoms with E-state index in [1.54, 1.807) is 24.4 Å². The number of fused-ring (bicyclic) bond motifs is 2. The smallest absolute Gasteiger partial charge is 0.241 e. The van der Waals surface area contributed by atoms with Gasteiger partial charge in [0.15, 0.2) is 0 Å². The van der Waals surface area contributed by atoms with Gasteiger partial charge < -0.3 is 10.2 Å². The summed E-state index contributed by atoms with van der Waals surface area (Å²) in [6.07, 6.45) is 2.43. The lowest BCUT2D eigenvalue weighted by Gasteiger charge is -2.39. The maximum absolute atomic E-state index is 14.2. The minimum absolute atomic E-state index is 0.0850. The standard InChI is InChI=1S/C17H17FN4O/c1-11-20-8-12-9-22(14-5-3-2-4-13(14)18)16(23)17(15(12)21-11)6-7-19-10-17/h2-5,8,19H,6-7,9-10H2,1H3. The Kier molecular flexibility index (Phi) is 3.16. The van der Waals surface area contributed by atoms with E-state index in [1.165, 1.54) is 11.0 Å². The van der Waals surface area contributed by atoms with Crippen molar-refractivity contribution >= 4 is 11.6 Å². The summed E-state index contributed by atoms with van der Waals surface area (Å²) in [6.45, 7) is 3.40. The van der Waals surface area contributed by atoms with Crippen molar-refractivity contribution < 1.29 is 9.18 Å². The number of hydrogen-bond acceptors (Lipinski definition) is 4. The van der Waals surface area contributed by atoms with Gasteiger partial charge in [-0.1, -0.05) is 12.1 Å². The SMILES string of the molecule is Cc1ncc2c(n1)C1(CCNC1)C(=O)N(c1ccccc1F)C2. The van der Waals surface area contributed by atoms with E-state index in [0.29, 0.717) is 31.0 Å². The van der Waals surface area contributed by atoms with E-state index in [-0.39, 0.29) is 5.91 Å². The van der Waals surface area contributed by atoms with E-state index in [4.69, 9.17) is 0 Å². The molecule has 1 aromatic heterocycles. The zero-order chi connectivity index (χ0) is 16.0. The normalized spacial score (nSPS) is 23.4. The molecule has 118 valence electrons. The molecule has 0 aliphatic carbocycles. The average molecular weight is 312 g/mol. The first-order valence-electron chi connectivity index (χ1n) is 7.72. The number of carbonyl (C=O) groups excluding carboxylic acids is 1. The second kappa shape index (κ2) is 5.09. The molecule has 1 N–H and O–H groups in total. The van der Waals surface area contributed by atoms with Gasteiger partial charge in [0.25, 0.3) is 0 Å². The molecule has 6 heteroatoms. The summed E-state index contributed by atoms with van der Waals surface area (Å²) in [5.74, 6) is 0.179. The predicted octanol–water partition coefficient (Wildman–Crippen LogP) is 1.70. The van der Waals surface area contributed by atoms with Crippen LogP contribution in [-0.4, -0.2) is 29.0 Å². The monoisotopic (exact) mass is 312 g/mol. The van der Waals surface area contributed by atoms with Gasteiger partial charge in [-0.15, -0.1) is 0 Å². The minimum Gasteiger partial charge on any atom is -0.315 e. The second-order valence-electron chi connectivity index (χ2n) is 6.14. The van der Waals surface area contributed by atoms with Crippen LogP contribution in [0.3, 0.4) is 0 Å². The van der Waals surface area contributed by atoms with Crippen LogP contribution < -0.4 is 10.2 Å². The van der Waals surface area contributed by atoms with Crippen LogP contribution in [0.5, 0.6) is 0 Å². The molecule has 2 aliphatic rings. The Morgan fingerprint density at radius 3 is 2.91 bits per heavy atom. The minimum atomic E-state index is -0.719. The summed E-state index contributed by atoms with van der Waals surface area (Å²) in [5.41, 5.74) is 1.29. The van der Waals surface area contributed by atoms with Gasteiger partial charge in [-0.2, -0.15) is 0 Å². The summed E-state index contributed by atoms with van der Waals surface area (Å²) in [5, 5.41) is 3.26. The molecule has 1 fully saturated rings. The van der Waals surface area contributed by atoms with Gasteiger partial charge >= 0.3 is 0 Å². The highest BCUT2D eigenvalue weighted by Crippen LogP contribution is 2.40. The molecule has 2 aromatic rings. The van der Waals surface area contributed by atoms with E-state index in [1.807, 2.05) is 6.92 Å². The summed E-state index contributed by atoms with van der Waals surface area (Å²) in [6, 6.07) is 6.39. The first-order valence-corrected chi connectivity index (χ1v) is 7.72. The van der Waals surface area contributed by atoms with Crippen molar-refractivity contribution in [1.82, 2.24) is 15.3 Å². The van der Waals surface area contributed by atoms with Gasteiger partial charge in [0.2, 0.25) is 5.91 Å². The number of hydrogen-bond donors (Lipinski definition) is 1. The number of para-hydroxylation sites is 1. The predicted molar refractivity (Wildman–Crippen MR) is 83.5 cm³/mol. The molecular formula is C17H17FN4O. The second-order valence-corrected chi connectivity index (χ2v) is 6.14. The molecular weight excluding hydrogens is 295 g/mol. The number of aryl methyl sites for hydroxylation is 1. The number of aromatic nitrogens is 2. The molecule has 1 aromatic carbocycles. The van der Waals surface area contributed by atoms with E-state index in [2.05, 4.69) is 15.3 Å². The van der Waals surface area contributed by atoms with E-state index >= 15 is 0 Å². The van der Waals surface area contributed by atoms with E-state index < -0.39 is 11.2 Å². The molecule has 3 heterocycles. The maximum atomic E-state index is 14.2. The lowest BCUT2D eigenvalue weighted by atomic mass is 9.77. The third kappa shape index (κ3) is 2.05. The molecule has 1 amide bonds. The van der Waals surface area contributed by atoms with Gasteiger partial charge in [-0.3, -0.25) is 4.79 Å². The van der Waals surface area contributed by atoms with Crippen LogP contribution in [0.1, 0.15) is 23.5 Å². The van der Waals surface area contributed by atoms with Gasteiger partial charge in [0.1, 0.15) is 17.1 Å². The number of carbonyl (C=O) groups is 1. The topological polar surface area (TPSA) is 58.1 Å². The summed E-state index contributed by atoms with van der Waals surface area (Å²) in [7, 11) is 0. The number of nitrogens with one attached hydrogen (secondary N) is 1. The molecule has 2 aliphatic heterocycles. The molecule has 5 nitrogen and oxygen atoms in total. The third-order valence-electron chi connectivity index (χ3n) is 4.72. The Bertz CT molecular complexity index is 786. The molecule has 23 heavy (non-hydrogen) atoms. The molecule has 4 rings (SSSR count). The third-order valence-corrected chi connectivity index (χ3v) is 4.72. The van der Waals surface area contributed by atoms with E-state index in [0.717, 1.165) is 17.8 Å². The quantitative estimate of drug-likeness (QED) is 0.871. The Hall–Kier alpha value is -2.34. The number of rotatable bonds is 1. The Labute approximate surface area is 133 Å². The van der Waals surface area contributed by atoms with Crippen molar-refractivity contribution in [3.63, 3.8) is 0 Å². The van der Waals surface area contributed by atoms with Crippen LogP contribution in [0, 0.1) is 12.7 Å². The van der Waals surface area contributed by atoms with Gasteiger partial charge in [-0.25, -0.2) is 14.4 Å². The molecule has 1 atom stereocenters. The van der Waals surface area contributed by atoms with Crippen molar-refractivity contribution in [2.45, 2.75) is 25.3 Å². The first-order chi connectivity index (χ1) is 11.1. The van der Waals surface area contributed by atoms with Crippen LogP contribution in [-0.2, 0) is 16.8 Å². The molecule has 0 saturated carbocycles. The zero-order valence-corrected chi connectivity index (χ0v) is 12.8. The first kappa shape index (κ1) is 14.3. The van der Waals surface area contributed by atoms with Gasteiger partial charge in [0.05, 0.1) is 17.9 Å². The Morgan fingerprint density at radius 1 is 1.35 bits per heavy atom. The van der Waals surface area contributed by atoms with Crippen molar-refractivity contribution in [3.8, 4) is 0 Å². The van der Waals surface area contributed by atoms with Gasteiger partial charge in [0, 0.05) is 18.3 Å². The number of amides is 1. The van der Waals surface area contributed by atoms with Crippen LogP contribution in [0.4, 0.5) is 10.1 Å². The number of nitrogens with zero attached hydrogens (tertiary/aromatic N) is 3. The van der Waals surface area contributed by atoms with Crippen molar-refractivity contribution in [2.24, 2.45) is 0 Å². The zero-order valence-electron chi connectivity index (χ0n) is 12.8. The highest BCUT2D eigenvalue weighted by Gasteiger charge is 2.51. The summed E-state index contributed by atoms with van der Waals surface area (Å²) >= 11 is 0. The van der Waals surface area contributed by atoms with Crippen LogP contribution in [0.2, 0.25) is 0 Å². The molecule has 1 saturated heterocycles. The van der Waals surface area contributed by atoms with Crippen molar-refractivity contribution in [3.05, 3.63) is 53.4 Å². The largest absolute Gasteiger partial charge is 0.315 e. The van der Waals surface area contributed by atoms with E-state index in [9.17, 15) is 9.18 Å². The van der Waals surface area contributed by atoms with Gasteiger partial charge in [-0.05, 0) is 32.0 Å². The fraction of sp³-hybridized carbons (Fsp3) is 0.353. The lowest BCUT2D eigenvalue weighted by Crippen LogP contribution is -2.53. The summed E-state index contributed by atoms with van der Waals surface area (Å²) < 4.78 is 14.2. The summed E-state index contributed by atoms with van der Waals surface area (Å²) in [4.78, 5) is 23.6. The van der Waals surface area contributed by atoms with Crippen LogP contribution in [0.15, 0.2) is 30.5 Å². The Morgan fingerprint density at radius 2 is 2.17 bits per heavy atom. The molecule has 1 spiro atoms. The van der Waals surface area contributed by atoms with Crippen molar-refractivity contribution in [2.75, 3.05) is 18.0 Å². The van der Waals surface area contributed by atoms with Crippen LogP contribution in [0.25, 0.3) is 0 Å². The fourth-order valence-electron chi connectivity index (χ4n) is 3.57. The maximum Gasteiger partial charge on any atom is 0.241 e. The fourth-order valence-corrected chi connectivity index (χ4v) is 3.57. The van der Waals surface area contributed by atoms with Crippen molar-refractivity contribution in [1.29, 1.82) is 0 Å². The Balaban J connectivity index is 1.89. The average Bonchev–Trinajstić information content (AvgIpc) is 3.03. The lowest BCUT2D eigenvalue weighted by molar-refractivity contribution is -0.124. The number of anilines is 1. The molecule has 0 radical (unpaired) electrons.